The van der Waals surface area contributed by atoms with Crippen LogP contribution in [0.4, 0.5) is 16.2 Å². The third-order valence-electron chi connectivity index (χ3n) is 7.43. The van der Waals surface area contributed by atoms with Crippen LogP contribution in [0.15, 0.2) is 72.8 Å². The summed E-state index contributed by atoms with van der Waals surface area (Å²) in [4.78, 5) is 11.6. The Balaban J connectivity index is 1.14. The van der Waals surface area contributed by atoms with Crippen molar-refractivity contribution >= 4 is 22.7 Å². The molecule has 4 aromatic rings. The molecule has 1 saturated carbocycles. The van der Waals surface area contributed by atoms with Crippen LogP contribution in [0.5, 0.6) is 0 Å². The molecule has 1 aliphatic carbocycles. The molecular weight excluding hydrogens is 461 g/mol. The second-order valence-electron chi connectivity index (χ2n) is 10.4. The Morgan fingerprint density at radius 2 is 1.59 bits per heavy atom. The van der Waals surface area contributed by atoms with Gasteiger partial charge in [0.05, 0.1) is 5.52 Å². The maximum atomic E-state index is 14.8. The fourth-order valence-corrected chi connectivity index (χ4v) is 5.24. The van der Waals surface area contributed by atoms with Gasteiger partial charge in [0.25, 0.3) is 0 Å². The van der Waals surface area contributed by atoms with E-state index in [-0.39, 0.29) is 11.7 Å². The van der Waals surface area contributed by atoms with Crippen LogP contribution in [-0.4, -0.2) is 42.7 Å². The normalized spacial score (nSPS) is 18.5. The lowest BCUT2D eigenvalue weighted by atomic mass is 9.90. The second kappa shape index (κ2) is 11.3. The van der Waals surface area contributed by atoms with Gasteiger partial charge in [-0.15, -0.1) is 0 Å². The van der Waals surface area contributed by atoms with Crippen LogP contribution in [0.2, 0.25) is 0 Å². The average molecular weight is 498 g/mol. The Hall–Kier alpha value is -3.51. The molecular formula is C31H36FN5. The number of para-hydroxylation sites is 1. The number of anilines is 2. The maximum absolute atomic E-state index is 14.8. The first-order chi connectivity index (χ1) is 18.0. The quantitative estimate of drug-likeness (QED) is 0.287. The Kier molecular flexibility index (Phi) is 7.65. The van der Waals surface area contributed by atoms with E-state index >= 15 is 0 Å². The summed E-state index contributed by atoms with van der Waals surface area (Å²) in [5.74, 6) is 1.72. The van der Waals surface area contributed by atoms with Crippen molar-refractivity contribution in [3.63, 3.8) is 0 Å². The summed E-state index contributed by atoms with van der Waals surface area (Å²) < 4.78 is 14.8. The minimum Gasteiger partial charge on any atom is -0.362 e. The summed E-state index contributed by atoms with van der Waals surface area (Å²) in [6, 6.07) is 24.4. The number of nitrogens with zero attached hydrogens (tertiary/aromatic N) is 3. The van der Waals surface area contributed by atoms with Gasteiger partial charge in [0.15, 0.2) is 0 Å². The molecule has 6 heteroatoms. The van der Waals surface area contributed by atoms with E-state index in [0.29, 0.717) is 23.6 Å². The van der Waals surface area contributed by atoms with Gasteiger partial charge in [-0.25, -0.2) is 9.37 Å². The van der Waals surface area contributed by atoms with Gasteiger partial charge in [-0.2, -0.15) is 4.98 Å². The zero-order chi connectivity index (χ0) is 25.8. The van der Waals surface area contributed by atoms with Crippen LogP contribution in [0.3, 0.4) is 0 Å². The minimum absolute atomic E-state index is 0.157. The van der Waals surface area contributed by atoms with E-state index in [0.717, 1.165) is 60.1 Å². The van der Waals surface area contributed by atoms with E-state index < -0.39 is 0 Å². The van der Waals surface area contributed by atoms with E-state index in [9.17, 15) is 4.39 Å². The second-order valence-corrected chi connectivity index (χ2v) is 10.4. The highest BCUT2D eigenvalue weighted by Gasteiger charge is 2.23. The largest absolute Gasteiger partial charge is 0.362 e. The summed E-state index contributed by atoms with van der Waals surface area (Å²) in [5.41, 5.74) is 3.56. The third-order valence-corrected chi connectivity index (χ3v) is 7.43. The molecule has 1 unspecified atom stereocenters. The molecule has 1 heterocycles. The summed E-state index contributed by atoms with van der Waals surface area (Å²) in [7, 11) is 4.03. The van der Waals surface area contributed by atoms with E-state index in [1.54, 1.807) is 6.07 Å². The van der Waals surface area contributed by atoms with Crippen molar-refractivity contribution in [2.24, 2.45) is 0 Å². The predicted octanol–water partition coefficient (Wildman–Crippen LogP) is 6.62. The number of rotatable bonds is 8. The van der Waals surface area contributed by atoms with Crippen molar-refractivity contribution in [2.45, 2.75) is 50.6 Å². The Morgan fingerprint density at radius 3 is 2.32 bits per heavy atom. The number of nitrogens with one attached hydrogen (secondary N) is 2. The molecule has 0 amide bonds. The highest BCUT2D eigenvalue weighted by atomic mass is 19.1. The van der Waals surface area contributed by atoms with Crippen molar-refractivity contribution in [2.75, 3.05) is 30.9 Å². The van der Waals surface area contributed by atoms with Crippen molar-refractivity contribution in [3.05, 3.63) is 84.2 Å². The Morgan fingerprint density at radius 1 is 0.892 bits per heavy atom. The van der Waals surface area contributed by atoms with Crippen LogP contribution >= 0.6 is 0 Å². The highest BCUT2D eigenvalue weighted by molar-refractivity contribution is 5.90. The molecule has 0 bridgehead atoms. The minimum atomic E-state index is -0.157. The van der Waals surface area contributed by atoms with Gasteiger partial charge in [0.1, 0.15) is 11.6 Å². The van der Waals surface area contributed by atoms with E-state index in [2.05, 4.69) is 29.7 Å². The summed E-state index contributed by atoms with van der Waals surface area (Å²) in [6.07, 6.45) is 4.33. The molecule has 1 aliphatic rings. The molecule has 0 aliphatic heterocycles. The van der Waals surface area contributed by atoms with Gasteiger partial charge in [0, 0.05) is 43.7 Å². The topological polar surface area (TPSA) is 53.1 Å². The first-order valence-corrected chi connectivity index (χ1v) is 13.3. The van der Waals surface area contributed by atoms with Crippen molar-refractivity contribution in [1.82, 2.24) is 15.3 Å². The van der Waals surface area contributed by atoms with Gasteiger partial charge in [-0.05, 0) is 60.9 Å². The summed E-state index contributed by atoms with van der Waals surface area (Å²) in [6.45, 7) is 3.00. The molecule has 5 rings (SSSR count). The number of aromatic nitrogens is 2. The number of benzene rings is 3. The summed E-state index contributed by atoms with van der Waals surface area (Å²) in [5, 5.41) is 8.38. The van der Waals surface area contributed by atoms with E-state index in [4.69, 9.17) is 9.97 Å². The Bertz CT molecular complexity index is 1330. The average Bonchev–Trinajstić information content (AvgIpc) is 2.92. The van der Waals surface area contributed by atoms with Gasteiger partial charge in [-0.3, -0.25) is 0 Å². The van der Waals surface area contributed by atoms with Crippen molar-refractivity contribution < 1.29 is 4.39 Å². The molecule has 192 valence electrons. The van der Waals surface area contributed by atoms with Crippen LogP contribution in [-0.2, 0) is 0 Å². The van der Waals surface area contributed by atoms with Crippen LogP contribution in [0, 0.1) is 5.82 Å². The molecule has 37 heavy (non-hydrogen) atoms. The molecule has 0 spiro atoms. The molecule has 0 radical (unpaired) electrons. The number of halogens is 1. The molecule has 2 N–H and O–H groups in total. The van der Waals surface area contributed by atoms with Gasteiger partial charge in [-0.1, -0.05) is 61.5 Å². The molecule has 1 fully saturated rings. The predicted molar refractivity (Wildman–Crippen MR) is 152 cm³/mol. The zero-order valence-corrected chi connectivity index (χ0v) is 21.9. The lowest BCUT2D eigenvalue weighted by molar-refractivity contribution is 0.348. The zero-order valence-electron chi connectivity index (χ0n) is 21.9. The van der Waals surface area contributed by atoms with Crippen LogP contribution < -0.4 is 15.5 Å². The lowest BCUT2D eigenvalue weighted by Gasteiger charge is -2.31. The summed E-state index contributed by atoms with van der Waals surface area (Å²) >= 11 is 0. The van der Waals surface area contributed by atoms with E-state index in [1.165, 1.54) is 0 Å². The number of fused-ring (bicyclic) bond motifs is 1. The highest BCUT2D eigenvalue weighted by Crippen LogP contribution is 2.28. The molecule has 3 aromatic carbocycles. The SMILES string of the molecule is CC(CNC1CCC(Nc2nc(N(C)C)c3ccccc3n2)CC1)c1ccc(-c2ccccc2)c(F)c1. The fourth-order valence-electron chi connectivity index (χ4n) is 5.24. The lowest BCUT2D eigenvalue weighted by Crippen LogP contribution is -2.38. The van der Waals surface area contributed by atoms with Crippen LogP contribution in [0.25, 0.3) is 22.0 Å². The number of hydrogen-bond donors (Lipinski definition) is 2. The molecule has 1 aromatic heterocycles. The molecule has 0 saturated heterocycles. The third kappa shape index (κ3) is 5.91. The van der Waals surface area contributed by atoms with Gasteiger partial charge in [0.2, 0.25) is 5.95 Å². The first-order valence-electron chi connectivity index (χ1n) is 13.3. The first kappa shape index (κ1) is 25.2. The van der Waals surface area contributed by atoms with Crippen molar-refractivity contribution in [3.8, 4) is 11.1 Å². The van der Waals surface area contributed by atoms with Gasteiger partial charge < -0.3 is 15.5 Å². The monoisotopic (exact) mass is 497 g/mol. The smallest absolute Gasteiger partial charge is 0.225 e. The number of hydrogen-bond acceptors (Lipinski definition) is 5. The van der Waals surface area contributed by atoms with Crippen LogP contribution in [0.1, 0.15) is 44.1 Å². The Labute approximate surface area is 219 Å². The standard InChI is InChI=1S/C31H36FN5/c1-21(23-13-18-26(28(32)19-23)22-9-5-4-6-10-22)20-33-24-14-16-25(17-15-24)34-31-35-29-12-8-7-11-27(29)30(36-31)37(2)3/h4-13,18-19,21,24-25,33H,14-17,20H2,1-3H3,(H,34,35,36). The fraction of sp³-hybridized carbons (Fsp3) is 0.355. The molecule has 1 atom stereocenters. The van der Waals surface area contributed by atoms with E-state index in [1.807, 2.05) is 73.6 Å². The molecule has 5 nitrogen and oxygen atoms in total. The maximum Gasteiger partial charge on any atom is 0.225 e. The van der Waals surface area contributed by atoms with Crippen molar-refractivity contribution in [1.29, 1.82) is 0 Å². The van der Waals surface area contributed by atoms with Gasteiger partial charge >= 0.3 is 0 Å².